The number of rotatable bonds is 6. The molecule has 0 saturated carbocycles. The number of nitrogens with two attached hydrogens (primary N) is 1. The lowest BCUT2D eigenvalue weighted by atomic mass is 9.58. The number of amides is 1. The second-order valence-corrected chi connectivity index (χ2v) is 10.1. The molecule has 3 aliphatic rings. The van der Waals surface area contributed by atoms with Gasteiger partial charge in [-0.15, -0.1) is 0 Å². The first kappa shape index (κ1) is 26.8. The number of Topliss-reactive ketones (excluding diaryl/α,β-unsaturated/α-hetero) is 2. The van der Waals surface area contributed by atoms with Gasteiger partial charge in [0.25, 0.3) is 5.91 Å². The van der Waals surface area contributed by atoms with Crippen molar-refractivity contribution in [2.24, 2.45) is 17.6 Å². The summed E-state index contributed by atoms with van der Waals surface area (Å²) in [6.45, 7) is 5.38. The number of aromatic hydroxyl groups is 1. The minimum absolute atomic E-state index is 0.000254. The zero-order chi connectivity index (χ0) is 27.6. The van der Waals surface area contributed by atoms with Gasteiger partial charge in [-0.3, -0.25) is 24.2 Å². The summed E-state index contributed by atoms with van der Waals surface area (Å²) < 4.78 is 15.7. The lowest BCUT2D eigenvalue weighted by molar-refractivity contribution is -0.148. The van der Waals surface area contributed by atoms with Crippen molar-refractivity contribution < 1.29 is 39.2 Å². The molecule has 0 fully saturated rings. The smallest absolute Gasteiger partial charge is 0.255 e. The molecule has 1 amide bonds. The predicted octanol–water partition coefficient (Wildman–Crippen LogP) is 1.10. The van der Waals surface area contributed by atoms with Gasteiger partial charge in [-0.05, 0) is 52.0 Å². The van der Waals surface area contributed by atoms with E-state index in [1.54, 1.807) is 14.1 Å². The van der Waals surface area contributed by atoms with Crippen LogP contribution in [0.25, 0.3) is 0 Å². The van der Waals surface area contributed by atoms with Crippen molar-refractivity contribution in [1.82, 2.24) is 9.80 Å². The molecule has 37 heavy (non-hydrogen) atoms. The summed E-state index contributed by atoms with van der Waals surface area (Å²) in [5.41, 5.74) is 1.30. The van der Waals surface area contributed by atoms with Crippen molar-refractivity contribution >= 4 is 17.5 Å². The molecule has 0 heterocycles. The molecule has 0 unspecified atom stereocenters. The molecule has 10 nitrogen and oxygen atoms in total. The van der Waals surface area contributed by atoms with Gasteiger partial charge in [-0.25, -0.2) is 4.39 Å². The molecule has 11 heteroatoms. The first-order chi connectivity index (χ1) is 17.3. The van der Waals surface area contributed by atoms with Crippen LogP contribution in [0.15, 0.2) is 28.7 Å². The van der Waals surface area contributed by atoms with Crippen LogP contribution in [0.4, 0.5) is 4.39 Å². The zero-order valence-electron chi connectivity index (χ0n) is 21.2. The van der Waals surface area contributed by atoms with Gasteiger partial charge >= 0.3 is 0 Å². The van der Waals surface area contributed by atoms with Crippen LogP contribution in [0.5, 0.6) is 5.75 Å². The van der Waals surface area contributed by atoms with E-state index in [1.807, 2.05) is 18.7 Å². The standard InChI is InChI=1S/C26H32FN3O7/c1-5-30(6-2)10-12-9-15(31)17-13(19(12)27)7-11-8-14-20(29(3)4)22(33)18(25(28)36)24(35)26(14,37)23(34)16(11)21(17)32/h9,11,14,20,31,33-34,37H,5-8,10H2,1-4H3,(H2,28,36)/t11-,14-,20-,26-/m0/s1. The number of likely N-dealkylation sites (N-methyl/N-ethyl adjacent to an activating group) is 1. The summed E-state index contributed by atoms with van der Waals surface area (Å²) in [6.07, 6.45) is -0.174. The second-order valence-electron chi connectivity index (χ2n) is 10.1. The number of nitrogens with zero attached hydrogens (tertiary/aromatic N) is 2. The van der Waals surface area contributed by atoms with Gasteiger partial charge in [-0.2, -0.15) is 0 Å². The predicted molar refractivity (Wildman–Crippen MR) is 130 cm³/mol. The van der Waals surface area contributed by atoms with Gasteiger partial charge in [0.15, 0.2) is 11.4 Å². The highest BCUT2D eigenvalue weighted by Crippen LogP contribution is 2.52. The molecule has 4 rings (SSSR count). The van der Waals surface area contributed by atoms with E-state index in [1.165, 1.54) is 11.0 Å². The molecule has 0 aromatic heterocycles. The number of carbonyl (C=O) groups excluding carboxylic acids is 3. The fourth-order valence-corrected chi connectivity index (χ4v) is 6.16. The van der Waals surface area contributed by atoms with Crippen LogP contribution in [0.3, 0.4) is 0 Å². The number of primary amides is 1. The van der Waals surface area contributed by atoms with Crippen molar-refractivity contribution in [3.8, 4) is 5.75 Å². The van der Waals surface area contributed by atoms with Crippen LogP contribution in [0.1, 0.15) is 41.8 Å². The van der Waals surface area contributed by atoms with Gasteiger partial charge in [0, 0.05) is 29.2 Å². The Hall–Kier alpha value is -3.28. The maximum absolute atomic E-state index is 15.7. The lowest BCUT2D eigenvalue weighted by Crippen LogP contribution is -2.63. The monoisotopic (exact) mass is 517 g/mol. The highest BCUT2D eigenvalue weighted by molar-refractivity contribution is 6.24. The molecule has 0 bridgehead atoms. The van der Waals surface area contributed by atoms with E-state index in [2.05, 4.69) is 0 Å². The molecule has 200 valence electrons. The van der Waals surface area contributed by atoms with Gasteiger partial charge in [0.2, 0.25) is 5.78 Å². The fraction of sp³-hybridized carbons (Fsp3) is 0.500. The maximum Gasteiger partial charge on any atom is 0.255 e. The number of phenols is 1. The summed E-state index contributed by atoms with van der Waals surface area (Å²) in [5.74, 6) is -8.20. The van der Waals surface area contributed by atoms with Crippen LogP contribution >= 0.6 is 0 Å². The Labute approximate surface area is 213 Å². The molecule has 3 aliphatic carbocycles. The first-order valence-electron chi connectivity index (χ1n) is 12.2. The van der Waals surface area contributed by atoms with Gasteiger partial charge in [-0.1, -0.05) is 13.8 Å². The summed E-state index contributed by atoms with van der Waals surface area (Å²) >= 11 is 0. The van der Waals surface area contributed by atoms with Crippen LogP contribution in [0.2, 0.25) is 0 Å². The number of ketones is 2. The molecule has 0 spiro atoms. The van der Waals surface area contributed by atoms with Crippen molar-refractivity contribution in [2.75, 3.05) is 27.2 Å². The number of allylic oxidation sites excluding steroid dienone is 1. The molecular formula is C26H32FN3O7. The van der Waals surface area contributed by atoms with E-state index in [0.717, 1.165) is 0 Å². The Balaban J connectivity index is 1.90. The first-order valence-corrected chi connectivity index (χ1v) is 12.2. The number of phenolic OH excluding ortho intramolecular Hbond substituents is 1. The Kier molecular flexibility index (Phi) is 6.68. The highest BCUT2D eigenvalue weighted by Gasteiger charge is 2.63. The molecule has 4 atom stereocenters. The third kappa shape index (κ3) is 3.75. The summed E-state index contributed by atoms with van der Waals surface area (Å²) in [5, 5.41) is 44.3. The molecule has 1 aromatic rings. The SMILES string of the molecule is CCN(CC)Cc1cc(O)c2c(c1F)C[C@H]1C[C@H]3[C@H](N(C)C)C(O)=C(C(N)=O)C(=O)[C@@]3(O)C(O)=C1C2=O. The van der Waals surface area contributed by atoms with Crippen molar-refractivity contribution in [3.05, 3.63) is 51.2 Å². The number of carbonyl (C=O) groups is 3. The van der Waals surface area contributed by atoms with Gasteiger partial charge in [0.1, 0.15) is 28.7 Å². The van der Waals surface area contributed by atoms with Crippen LogP contribution in [-0.2, 0) is 22.6 Å². The number of aliphatic hydroxyl groups excluding tert-OH is 2. The molecular weight excluding hydrogens is 485 g/mol. The number of halogens is 1. The average Bonchev–Trinajstić information content (AvgIpc) is 2.82. The summed E-state index contributed by atoms with van der Waals surface area (Å²) in [4.78, 5) is 42.3. The number of benzene rings is 1. The Bertz CT molecular complexity index is 1270. The molecule has 1 aromatic carbocycles. The fourth-order valence-electron chi connectivity index (χ4n) is 6.16. The lowest BCUT2D eigenvalue weighted by Gasteiger charge is -2.50. The van der Waals surface area contributed by atoms with Crippen LogP contribution in [0, 0.1) is 17.7 Å². The number of hydrogen-bond acceptors (Lipinski definition) is 9. The molecule has 0 saturated heterocycles. The quantitative estimate of drug-likeness (QED) is 0.348. The third-order valence-corrected chi connectivity index (χ3v) is 8.02. The summed E-state index contributed by atoms with van der Waals surface area (Å²) in [6, 6.07) is 0.0836. The third-order valence-electron chi connectivity index (χ3n) is 8.02. The topological polar surface area (TPSA) is 165 Å². The van der Waals surface area contributed by atoms with E-state index in [4.69, 9.17) is 5.73 Å². The Morgan fingerprint density at radius 1 is 1.19 bits per heavy atom. The zero-order valence-corrected chi connectivity index (χ0v) is 21.2. The van der Waals surface area contributed by atoms with E-state index < -0.39 is 69.6 Å². The molecule has 0 aliphatic heterocycles. The number of hydrogen-bond donors (Lipinski definition) is 5. The number of fused-ring (bicyclic) bond motifs is 3. The van der Waals surface area contributed by atoms with Crippen molar-refractivity contribution in [3.63, 3.8) is 0 Å². The highest BCUT2D eigenvalue weighted by atomic mass is 19.1. The maximum atomic E-state index is 15.7. The van der Waals surface area contributed by atoms with Crippen LogP contribution in [-0.4, -0.2) is 86.5 Å². The average molecular weight is 518 g/mol. The number of aliphatic hydroxyl groups is 3. The minimum Gasteiger partial charge on any atom is -0.510 e. The largest absolute Gasteiger partial charge is 0.510 e. The van der Waals surface area contributed by atoms with E-state index >= 15 is 4.39 Å². The molecule has 0 radical (unpaired) electrons. The van der Waals surface area contributed by atoms with E-state index in [-0.39, 0.29) is 41.6 Å². The molecule has 6 N–H and O–H groups in total. The summed E-state index contributed by atoms with van der Waals surface area (Å²) in [7, 11) is 3.09. The second kappa shape index (κ2) is 9.23. The van der Waals surface area contributed by atoms with E-state index in [9.17, 15) is 34.8 Å². The van der Waals surface area contributed by atoms with Gasteiger partial charge < -0.3 is 26.2 Å². The van der Waals surface area contributed by atoms with Crippen LogP contribution < -0.4 is 5.73 Å². The normalized spacial score (nSPS) is 27.5. The van der Waals surface area contributed by atoms with Crippen molar-refractivity contribution in [2.45, 2.75) is 44.9 Å². The van der Waals surface area contributed by atoms with Gasteiger partial charge in [0.05, 0.1) is 11.6 Å². The Morgan fingerprint density at radius 3 is 2.35 bits per heavy atom. The Morgan fingerprint density at radius 2 is 1.81 bits per heavy atom. The van der Waals surface area contributed by atoms with E-state index in [0.29, 0.717) is 13.1 Å². The minimum atomic E-state index is -2.72. The van der Waals surface area contributed by atoms with Crippen molar-refractivity contribution in [1.29, 1.82) is 0 Å².